The van der Waals surface area contributed by atoms with E-state index < -0.39 is 18.6 Å². The fraction of sp³-hybridized carbons (Fsp3) is 0.571. The standard InChI is InChI=1S/C21H28BCl2N2O5/c1-12(2)7-15(22-26(13(3)11-30-22)14(4)21(29)31-22)8-17(27)10-25-20(28)18-9-16(23)5-6-19(18)24/h5-6,9,12-15H,7-8,10-11H2,1-4H3,(H,25,28)/q-1/t13-,14+,15-,22?/m1/s1. The van der Waals surface area contributed by atoms with Crippen molar-refractivity contribution in [2.24, 2.45) is 5.92 Å². The SMILES string of the molecule is CC(C)C[C@H](CC(=O)CNC(=O)c1cc(Cl)ccc1Cl)[B-]12OC[C@@H](C)N1[C@@H](C)C(=O)O2. The molecule has 1 aromatic carbocycles. The molecular weight excluding hydrogens is 442 g/mol. The molecule has 31 heavy (non-hydrogen) atoms. The number of nitrogens with one attached hydrogen (secondary N) is 1. The number of carbonyl (C=O) groups is 3. The van der Waals surface area contributed by atoms with E-state index in [4.69, 9.17) is 32.5 Å². The van der Waals surface area contributed by atoms with Gasteiger partial charge >= 0.3 is 6.69 Å². The third-order valence-electron chi connectivity index (χ3n) is 6.05. The largest absolute Gasteiger partial charge is 0.652 e. The number of hydrogen-bond acceptors (Lipinski definition) is 6. The molecule has 2 heterocycles. The highest BCUT2D eigenvalue weighted by Gasteiger charge is 2.57. The van der Waals surface area contributed by atoms with Crippen LogP contribution in [0.5, 0.6) is 0 Å². The van der Waals surface area contributed by atoms with Gasteiger partial charge in [0, 0.05) is 11.6 Å². The average Bonchev–Trinajstić information content (AvgIpc) is 3.16. The molecule has 0 aromatic heterocycles. The van der Waals surface area contributed by atoms with Crippen LogP contribution in [0.2, 0.25) is 15.9 Å². The number of halogens is 2. The molecular formula is C21H28BCl2N2O5-. The first-order valence-corrected chi connectivity index (χ1v) is 11.3. The Hall–Kier alpha value is -1.61. The fourth-order valence-electron chi connectivity index (χ4n) is 4.77. The van der Waals surface area contributed by atoms with Crippen molar-refractivity contribution in [3.63, 3.8) is 0 Å². The molecule has 7 nitrogen and oxygen atoms in total. The fourth-order valence-corrected chi connectivity index (χ4v) is 5.15. The molecule has 1 amide bonds. The lowest BCUT2D eigenvalue weighted by molar-refractivity contribution is -0.136. The Kier molecular flexibility index (Phi) is 7.36. The Labute approximate surface area is 192 Å². The zero-order chi connectivity index (χ0) is 22.9. The molecule has 1 unspecified atom stereocenters. The number of carbonyl (C=O) groups excluding carboxylic acids is 3. The molecule has 0 aliphatic carbocycles. The number of rotatable bonds is 8. The monoisotopic (exact) mass is 469 g/mol. The zero-order valence-electron chi connectivity index (χ0n) is 18.2. The van der Waals surface area contributed by atoms with Gasteiger partial charge in [0.15, 0.2) is 0 Å². The first kappa shape index (κ1) is 24.0. The first-order chi connectivity index (χ1) is 14.5. The zero-order valence-corrected chi connectivity index (χ0v) is 19.7. The van der Waals surface area contributed by atoms with E-state index in [1.54, 1.807) is 13.0 Å². The smallest absolute Gasteiger partial charge is 0.378 e. The maximum atomic E-state index is 12.8. The second-order valence-electron chi connectivity index (χ2n) is 8.91. The Bertz CT molecular complexity index is 883. The molecule has 1 aromatic rings. The van der Waals surface area contributed by atoms with Crippen LogP contribution in [0.3, 0.4) is 0 Å². The van der Waals surface area contributed by atoms with E-state index in [-0.39, 0.29) is 53.1 Å². The van der Waals surface area contributed by atoms with Crippen LogP contribution in [0.1, 0.15) is 50.9 Å². The number of amides is 1. The van der Waals surface area contributed by atoms with Gasteiger partial charge in [0.05, 0.1) is 23.2 Å². The summed E-state index contributed by atoms with van der Waals surface area (Å²) in [4.78, 5) is 39.6. The van der Waals surface area contributed by atoms with Crippen LogP contribution < -0.4 is 5.32 Å². The molecule has 2 aliphatic rings. The van der Waals surface area contributed by atoms with E-state index in [9.17, 15) is 14.4 Å². The second-order valence-corrected chi connectivity index (χ2v) is 9.75. The molecule has 2 saturated heterocycles. The van der Waals surface area contributed by atoms with Crippen molar-refractivity contribution in [2.75, 3.05) is 13.2 Å². The summed E-state index contributed by atoms with van der Waals surface area (Å²) in [6, 6.07) is 4.19. The molecule has 170 valence electrons. The number of nitrogens with zero attached hydrogens (tertiary/aromatic N) is 1. The molecule has 10 heteroatoms. The summed E-state index contributed by atoms with van der Waals surface area (Å²) < 4.78 is 11.9. The summed E-state index contributed by atoms with van der Waals surface area (Å²) >= 11 is 12.0. The van der Waals surface area contributed by atoms with Crippen LogP contribution >= 0.6 is 23.2 Å². The molecule has 0 spiro atoms. The van der Waals surface area contributed by atoms with Crippen molar-refractivity contribution in [2.45, 2.75) is 58.4 Å². The van der Waals surface area contributed by atoms with Crippen molar-refractivity contribution in [3.8, 4) is 0 Å². The lowest BCUT2D eigenvalue weighted by Gasteiger charge is -2.44. The number of fused-ring (bicyclic) bond motifs is 1. The lowest BCUT2D eigenvalue weighted by atomic mass is 9.53. The summed E-state index contributed by atoms with van der Waals surface area (Å²) in [5.74, 6) is -0.996. The van der Waals surface area contributed by atoms with Gasteiger partial charge in [0.25, 0.3) is 11.9 Å². The van der Waals surface area contributed by atoms with E-state index >= 15 is 0 Å². The Morgan fingerprint density at radius 1 is 1.29 bits per heavy atom. The lowest BCUT2D eigenvalue weighted by Crippen LogP contribution is -2.55. The van der Waals surface area contributed by atoms with Gasteiger partial charge in [-0.1, -0.05) is 56.2 Å². The van der Waals surface area contributed by atoms with Gasteiger partial charge in [-0.25, -0.2) is 0 Å². The van der Waals surface area contributed by atoms with Crippen LogP contribution in [-0.4, -0.2) is 54.4 Å². The van der Waals surface area contributed by atoms with Gasteiger partial charge in [-0.05, 0) is 43.5 Å². The van der Waals surface area contributed by atoms with Crippen LogP contribution in [-0.2, 0) is 18.9 Å². The topological polar surface area (TPSA) is 84.9 Å². The Balaban J connectivity index is 1.71. The highest BCUT2D eigenvalue weighted by atomic mass is 35.5. The quantitative estimate of drug-likeness (QED) is 0.584. The minimum absolute atomic E-state index is 0.0240. The maximum absolute atomic E-state index is 12.8. The molecule has 2 aliphatic heterocycles. The van der Waals surface area contributed by atoms with E-state index in [2.05, 4.69) is 19.2 Å². The van der Waals surface area contributed by atoms with Crippen LogP contribution in [0.4, 0.5) is 0 Å². The Morgan fingerprint density at radius 3 is 2.68 bits per heavy atom. The number of Topliss-reactive ketones (excluding diaryl/α,β-unsaturated/α-hetero) is 1. The summed E-state index contributed by atoms with van der Waals surface area (Å²) in [6.07, 6.45) is 0.786. The third-order valence-corrected chi connectivity index (χ3v) is 6.62. The maximum Gasteiger partial charge on any atom is 0.378 e. The highest BCUT2D eigenvalue weighted by Crippen LogP contribution is 2.45. The van der Waals surface area contributed by atoms with Crippen molar-refractivity contribution in [1.29, 1.82) is 0 Å². The Morgan fingerprint density at radius 2 is 2.00 bits per heavy atom. The molecule has 1 N–H and O–H groups in total. The van der Waals surface area contributed by atoms with Crippen molar-refractivity contribution in [1.82, 2.24) is 10.1 Å². The molecule has 3 rings (SSSR count). The van der Waals surface area contributed by atoms with Gasteiger partial charge in [0.2, 0.25) is 0 Å². The third kappa shape index (κ3) is 4.92. The van der Waals surface area contributed by atoms with Crippen molar-refractivity contribution < 1.29 is 23.7 Å². The summed E-state index contributed by atoms with van der Waals surface area (Å²) in [5.41, 5.74) is 0.209. The van der Waals surface area contributed by atoms with Crippen LogP contribution in [0.15, 0.2) is 18.2 Å². The second kappa shape index (κ2) is 9.49. The van der Waals surface area contributed by atoms with E-state index in [1.807, 2.05) is 11.7 Å². The van der Waals surface area contributed by atoms with Crippen molar-refractivity contribution >= 4 is 47.5 Å². The van der Waals surface area contributed by atoms with Crippen LogP contribution in [0.25, 0.3) is 0 Å². The molecule has 0 saturated carbocycles. The summed E-state index contributed by atoms with van der Waals surface area (Å²) in [7, 11) is 0. The predicted octanol–water partition coefficient (Wildman–Crippen LogP) is 3.70. The summed E-state index contributed by atoms with van der Waals surface area (Å²) in [5, 5.41) is 3.25. The highest BCUT2D eigenvalue weighted by molar-refractivity contribution is 6.70. The number of benzene rings is 1. The van der Waals surface area contributed by atoms with E-state index in [1.165, 1.54) is 12.1 Å². The van der Waals surface area contributed by atoms with Gasteiger partial charge in [0.1, 0.15) is 5.78 Å². The molecule has 4 atom stereocenters. The first-order valence-electron chi connectivity index (χ1n) is 10.6. The van der Waals surface area contributed by atoms with Crippen LogP contribution in [0, 0.1) is 5.92 Å². The molecule has 0 bridgehead atoms. The van der Waals surface area contributed by atoms with Crippen molar-refractivity contribution in [3.05, 3.63) is 33.8 Å². The molecule has 2 fully saturated rings. The number of ketones is 1. The normalized spacial score (nSPS) is 26.6. The molecule has 0 radical (unpaired) electrons. The number of hydrogen-bond donors (Lipinski definition) is 1. The van der Waals surface area contributed by atoms with E-state index in [0.29, 0.717) is 18.1 Å². The van der Waals surface area contributed by atoms with Gasteiger partial charge in [-0.15, -0.1) is 0 Å². The van der Waals surface area contributed by atoms with E-state index in [0.717, 1.165) is 0 Å². The average molecular weight is 470 g/mol. The van der Waals surface area contributed by atoms with Gasteiger partial charge in [-0.3, -0.25) is 14.4 Å². The van der Waals surface area contributed by atoms with Gasteiger partial charge in [-0.2, -0.15) is 0 Å². The minimum Gasteiger partial charge on any atom is -0.652 e. The van der Waals surface area contributed by atoms with Gasteiger partial charge < -0.3 is 19.4 Å². The minimum atomic E-state index is -2.06. The predicted molar refractivity (Wildman–Crippen MR) is 120 cm³/mol. The summed E-state index contributed by atoms with van der Waals surface area (Å²) in [6.45, 7) is 6.12.